The Morgan fingerprint density at radius 2 is 0.913 bits per heavy atom. The molecule has 5 saturated carbocycles. The van der Waals surface area contributed by atoms with Crippen LogP contribution >= 0.6 is 0 Å². The van der Waals surface area contributed by atoms with Gasteiger partial charge in [0.05, 0.1) is 0 Å². The lowest BCUT2D eigenvalue weighted by Gasteiger charge is -2.57. The summed E-state index contributed by atoms with van der Waals surface area (Å²) in [6, 6.07) is 0. The first-order chi connectivity index (χ1) is 11.3. The summed E-state index contributed by atoms with van der Waals surface area (Å²) < 4.78 is 0. The van der Waals surface area contributed by atoms with Gasteiger partial charge in [0.15, 0.2) is 0 Å². The van der Waals surface area contributed by atoms with Gasteiger partial charge >= 0.3 is 0 Å². The van der Waals surface area contributed by atoms with Gasteiger partial charge in [-0.25, -0.2) is 0 Å². The van der Waals surface area contributed by atoms with Crippen LogP contribution in [0.4, 0.5) is 0 Å². The lowest BCUT2D eigenvalue weighted by molar-refractivity contribution is -0.0391. The van der Waals surface area contributed by atoms with Crippen molar-refractivity contribution in [1.82, 2.24) is 0 Å². The molecule has 23 heavy (non-hydrogen) atoms. The van der Waals surface area contributed by atoms with Gasteiger partial charge in [0.25, 0.3) is 0 Å². The van der Waals surface area contributed by atoms with Crippen LogP contribution in [0.2, 0.25) is 0 Å². The van der Waals surface area contributed by atoms with Crippen LogP contribution in [-0.2, 0) is 0 Å². The molecule has 5 aliphatic carbocycles. The van der Waals surface area contributed by atoms with Crippen LogP contribution in [0, 0.1) is 35.5 Å². The fourth-order valence-corrected chi connectivity index (χ4v) is 7.24. The van der Waals surface area contributed by atoms with E-state index < -0.39 is 0 Å². The molecule has 131 valence electrons. The maximum Gasteiger partial charge on any atom is -0.0256 e. The number of rotatable bonds is 2. The van der Waals surface area contributed by atoms with Crippen molar-refractivity contribution < 1.29 is 0 Å². The highest BCUT2D eigenvalue weighted by Gasteiger charge is 2.51. The van der Waals surface area contributed by atoms with Crippen LogP contribution in [0.5, 0.6) is 0 Å². The minimum Gasteiger partial charge on any atom is -0.0533 e. The van der Waals surface area contributed by atoms with Gasteiger partial charge in [-0.3, -0.25) is 0 Å². The maximum atomic E-state index is 2.98. The summed E-state index contributed by atoms with van der Waals surface area (Å²) in [7, 11) is 0. The van der Waals surface area contributed by atoms with Gasteiger partial charge in [-0.1, -0.05) is 70.6 Å². The second-order valence-corrected chi connectivity index (χ2v) is 9.97. The van der Waals surface area contributed by atoms with Crippen LogP contribution in [0.3, 0.4) is 0 Å². The zero-order chi connectivity index (χ0) is 15.5. The summed E-state index contributed by atoms with van der Waals surface area (Å²) in [4.78, 5) is 0. The van der Waals surface area contributed by atoms with Gasteiger partial charge in [-0.15, -0.1) is 0 Å². The largest absolute Gasteiger partial charge is 0.0533 e. The molecule has 0 unspecified atom stereocenters. The first-order valence-corrected chi connectivity index (χ1v) is 11.2. The molecule has 0 atom stereocenters. The Labute approximate surface area is 145 Å². The first-order valence-electron chi connectivity index (χ1n) is 11.2. The van der Waals surface area contributed by atoms with E-state index in [9.17, 15) is 0 Å². The predicted molar refractivity (Wildman–Crippen MR) is 99.2 cm³/mol. The fraction of sp³-hybridized carbons (Fsp3) is 0.957. The van der Waals surface area contributed by atoms with Crippen molar-refractivity contribution in [3.63, 3.8) is 0 Å². The van der Waals surface area contributed by atoms with E-state index in [0.29, 0.717) is 5.41 Å². The molecule has 0 aromatic rings. The lowest BCUT2D eigenvalue weighted by Crippen LogP contribution is -2.47. The molecule has 5 fully saturated rings. The summed E-state index contributed by atoms with van der Waals surface area (Å²) in [5, 5.41) is 0. The number of hydrogen-bond acceptors (Lipinski definition) is 0. The lowest BCUT2D eigenvalue weighted by atomic mass is 9.48. The smallest absolute Gasteiger partial charge is 0.0256 e. The summed E-state index contributed by atoms with van der Waals surface area (Å²) in [6.45, 7) is 0. The van der Waals surface area contributed by atoms with E-state index >= 15 is 0 Å². The van der Waals surface area contributed by atoms with Gasteiger partial charge in [-0.2, -0.15) is 0 Å². The van der Waals surface area contributed by atoms with Crippen molar-refractivity contribution >= 4 is 0 Å². The molecule has 0 spiro atoms. The van der Waals surface area contributed by atoms with Crippen molar-refractivity contribution in [3.05, 3.63) is 6.42 Å². The van der Waals surface area contributed by atoms with Gasteiger partial charge in [0, 0.05) is 0 Å². The van der Waals surface area contributed by atoms with Crippen molar-refractivity contribution in [2.75, 3.05) is 0 Å². The van der Waals surface area contributed by atoms with Crippen molar-refractivity contribution in [2.24, 2.45) is 29.1 Å². The van der Waals surface area contributed by atoms with Crippen molar-refractivity contribution in [1.29, 1.82) is 0 Å². The second-order valence-electron chi connectivity index (χ2n) is 9.97. The van der Waals surface area contributed by atoms with E-state index in [4.69, 9.17) is 0 Å². The quantitative estimate of drug-likeness (QED) is 0.500. The molecule has 0 saturated heterocycles. The molecule has 0 aliphatic heterocycles. The molecule has 0 amide bonds. The standard InChI is InChI=1S/C23H39/c1-2-4-6-8-10-19(11-9-7-5-3-1)15-23-16-20-12-21(17-23)14-22(13-20)18-23/h15,19-22H,1-14,16-18H2. The van der Waals surface area contributed by atoms with Crippen LogP contribution in [0.15, 0.2) is 0 Å². The average molecular weight is 316 g/mol. The summed E-state index contributed by atoms with van der Waals surface area (Å²) in [6.07, 6.45) is 29.1. The van der Waals surface area contributed by atoms with Crippen molar-refractivity contribution in [3.8, 4) is 0 Å². The molecule has 0 heterocycles. The molecule has 0 aromatic carbocycles. The SMILES string of the molecule is [CH](C1CCCCCCCCCCC1)C12CC3CC(CC(C3)C1)C2. The normalized spacial score (nSPS) is 43.0. The van der Waals surface area contributed by atoms with E-state index in [2.05, 4.69) is 6.42 Å². The molecule has 0 heteroatoms. The molecule has 1 radical (unpaired) electrons. The minimum absolute atomic E-state index is 0.705. The van der Waals surface area contributed by atoms with Gasteiger partial charge in [0.2, 0.25) is 0 Å². The molecule has 0 aromatic heterocycles. The molecule has 5 aliphatic rings. The Bertz CT molecular complexity index is 321. The third-order valence-corrected chi connectivity index (χ3v) is 7.82. The van der Waals surface area contributed by atoms with E-state index in [1.54, 1.807) is 38.5 Å². The Hall–Kier alpha value is 0. The fourth-order valence-electron chi connectivity index (χ4n) is 7.24. The molecule has 4 bridgehead atoms. The highest BCUT2D eigenvalue weighted by atomic mass is 14.6. The van der Waals surface area contributed by atoms with Crippen LogP contribution in [0.25, 0.3) is 0 Å². The molecule has 0 nitrogen and oxygen atoms in total. The Balaban J connectivity index is 1.35. The van der Waals surface area contributed by atoms with Crippen LogP contribution < -0.4 is 0 Å². The number of hydrogen-bond donors (Lipinski definition) is 0. The van der Waals surface area contributed by atoms with E-state index in [0.717, 1.165) is 23.7 Å². The molecule has 0 N–H and O–H groups in total. The monoisotopic (exact) mass is 315 g/mol. The van der Waals surface area contributed by atoms with E-state index in [1.807, 2.05) is 0 Å². The summed E-state index contributed by atoms with van der Waals surface area (Å²) in [5.41, 5.74) is 0.705. The third kappa shape index (κ3) is 4.16. The topological polar surface area (TPSA) is 0 Å². The minimum atomic E-state index is 0.705. The molecule has 5 rings (SSSR count). The van der Waals surface area contributed by atoms with Crippen molar-refractivity contribution in [2.45, 2.75) is 109 Å². The van der Waals surface area contributed by atoms with E-state index in [1.165, 1.54) is 70.6 Å². The first kappa shape index (κ1) is 16.5. The van der Waals surface area contributed by atoms with Crippen LogP contribution in [-0.4, -0.2) is 0 Å². The van der Waals surface area contributed by atoms with Crippen LogP contribution in [0.1, 0.15) is 109 Å². The zero-order valence-electron chi connectivity index (χ0n) is 15.4. The second kappa shape index (κ2) is 7.49. The highest BCUT2D eigenvalue weighted by Crippen LogP contribution is 2.62. The Morgan fingerprint density at radius 1 is 0.522 bits per heavy atom. The summed E-state index contributed by atoms with van der Waals surface area (Å²) in [5.74, 6) is 4.31. The predicted octanol–water partition coefficient (Wildman–Crippen LogP) is 7.33. The maximum absolute atomic E-state index is 2.98. The van der Waals surface area contributed by atoms with E-state index in [-0.39, 0.29) is 0 Å². The van der Waals surface area contributed by atoms with Gasteiger partial charge in [0.1, 0.15) is 0 Å². The molecular formula is C23H39. The highest BCUT2D eigenvalue weighted by molar-refractivity contribution is 5.08. The summed E-state index contributed by atoms with van der Waals surface area (Å²) >= 11 is 0. The van der Waals surface area contributed by atoms with Gasteiger partial charge in [-0.05, 0) is 74.0 Å². The Morgan fingerprint density at radius 3 is 1.35 bits per heavy atom. The third-order valence-electron chi connectivity index (χ3n) is 7.82. The average Bonchev–Trinajstić information content (AvgIpc) is 2.48. The zero-order valence-corrected chi connectivity index (χ0v) is 15.4. The Kier molecular flexibility index (Phi) is 5.36. The molecular weight excluding hydrogens is 276 g/mol. The van der Waals surface area contributed by atoms with Gasteiger partial charge < -0.3 is 0 Å².